The summed E-state index contributed by atoms with van der Waals surface area (Å²) in [6.07, 6.45) is 3.25. The predicted molar refractivity (Wildman–Crippen MR) is 158 cm³/mol. The third kappa shape index (κ3) is 6.29. The van der Waals surface area contributed by atoms with Gasteiger partial charge in [-0.3, -0.25) is 9.59 Å². The van der Waals surface area contributed by atoms with E-state index < -0.39 is 11.7 Å². The van der Waals surface area contributed by atoms with Crippen LogP contribution in [0.3, 0.4) is 0 Å². The fourth-order valence-corrected chi connectivity index (χ4v) is 5.41. The highest BCUT2D eigenvalue weighted by molar-refractivity contribution is 6.35. The Morgan fingerprint density at radius 2 is 1.71 bits per heavy atom. The summed E-state index contributed by atoms with van der Waals surface area (Å²) in [5, 5.41) is 14.2. The number of nitrogens with one attached hydrogen (secondary N) is 2. The summed E-state index contributed by atoms with van der Waals surface area (Å²) in [5.41, 5.74) is 7.83. The molecule has 5 rings (SSSR count). The number of nitrogens with zero attached hydrogens (tertiary/aromatic N) is 6. The van der Waals surface area contributed by atoms with Gasteiger partial charge >= 0.3 is 0 Å². The Balaban J connectivity index is 1.41. The summed E-state index contributed by atoms with van der Waals surface area (Å²) in [5.74, 6) is -0.920. The Bertz CT molecular complexity index is 1450. The second-order valence-corrected chi connectivity index (χ2v) is 11.2. The molecule has 3 heterocycles. The van der Waals surface area contributed by atoms with Gasteiger partial charge in [0.05, 0.1) is 39.5 Å². The van der Waals surface area contributed by atoms with E-state index in [9.17, 15) is 14.0 Å². The van der Waals surface area contributed by atoms with Crippen molar-refractivity contribution in [3.8, 4) is 5.69 Å². The van der Waals surface area contributed by atoms with Gasteiger partial charge in [-0.05, 0) is 71.2 Å². The number of hydrogen-bond donors (Lipinski definition) is 3. The minimum Gasteiger partial charge on any atom is -0.396 e. The number of carbonyl (C=O) groups excluding carboxylic acids is 2. The molecule has 0 radical (unpaired) electrons. The van der Waals surface area contributed by atoms with Crippen molar-refractivity contribution in [3.05, 3.63) is 52.4 Å². The van der Waals surface area contributed by atoms with Crippen molar-refractivity contribution >= 4 is 46.3 Å². The first-order valence-corrected chi connectivity index (χ1v) is 14.0. The number of hydrogen-bond acceptors (Lipinski definition) is 8. The van der Waals surface area contributed by atoms with Crippen LogP contribution < -0.4 is 21.3 Å². The van der Waals surface area contributed by atoms with Gasteiger partial charge in [-0.2, -0.15) is 0 Å². The van der Waals surface area contributed by atoms with Crippen LogP contribution in [0, 0.1) is 18.7 Å². The normalized spacial score (nSPS) is 17.0. The fourth-order valence-electron chi connectivity index (χ4n) is 5.19. The summed E-state index contributed by atoms with van der Waals surface area (Å²) >= 11 is 6.34. The molecule has 4 N–H and O–H groups in total. The minimum absolute atomic E-state index is 0.00720. The molecule has 2 amide bonds. The molecule has 0 unspecified atom stereocenters. The number of likely N-dealkylation sites (N-methyl/N-ethyl adjacent to an activating group) is 1. The van der Waals surface area contributed by atoms with Gasteiger partial charge in [0.25, 0.3) is 5.91 Å². The number of carbonyl (C=O) groups is 2. The van der Waals surface area contributed by atoms with Gasteiger partial charge in [0, 0.05) is 37.7 Å². The lowest BCUT2D eigenvalue weighted by Gasteiger charge is -2.35. The van der Waals surface area contributed by atoms with Crippen molar-refractivity contribution in [1.29, 1.82) is 0 Å². The first-order chi connectivity index (χ1) is 19.6. The molecule has 0 saturated carbocycles. The Morgan fingerprint density at radius 1 is 1.02 bits per heavy atom. The highest BCUT2D eigenvalue weighted by Gasteiger charge is 2.25. The van der Waals surface area contributed by atoms with Gasteiger partial charge in [-0.1, -0.05) is 16.8 Å². The summed E-state index contributed by atoms with van der Waals surface area (Å²) in [6.45, 7) is 6.55. The van der Waals surface area contributed by atoms with Gasteiger partial charge in [0.2, 0.25) is 5.91 Å². The van der Waals surface area contributed by atoms with E-state index in [4.69, 9.17) is 17.3 Å². The third-order valence-corrected chi connectivity index (χ3v) is 8.35. The van der Waals surface area contributed by atoms with Crippen molar-refractivity contribution in [3.63, 3.8) is 0 Å². The molecule has 3 aromatic rings. The number of amides is 2. The summed E-state index contributed by atoms with van der Waals surface area (Å²) in [7, 11) is 4.12. The predicted octanol–water partition coefficient (Wildman–Crippen LogP) is 3.23. The molecule has 0 spiro atoms. The van der Waals surface area contributed by atoms with Crippen molar-refractivity contribution in [2.45, 2.75) is 19.8 Å². The lowest BCUT2D eigenvalue weighted by atomic mass is 9.96. The molecule has 2 fully saturated rings. The van der Waals surface area contributed by atoms with Gasteiger partial charge in [-0.15, -0.1) is 5.10 Å². The lowest BCUT2D eigenvalue weighted by Crippen LogP contribution is -2.44. The number of nitrogens with two attached hydrogens (primary N) is 1. The molecule has 2 saturated heterocycles. The molecule has 0 bridgehead atoms. The number of piperidine rings is 1. The van der Waals surface area contributed by atoms with Crippen LogP contribution in [0.15, 0.2) is 30.5 Å². The average molecular weight is 584 g/mol. The molecule has 0 atom stereocenters. The maximum Gasteiger partial charge on any atom is 0.257 e. The molecular weight excluding hydrogens is 549 g/mol. The molecule has 1 aromatic heterocycles. The highest BCUT2D eigenvalue weighted by Crippen LogP contribution is 2.33. The molecule has 41 heavy (non-hydrogen) atoms. The fraction of sp³-hybridized carbons (Fsp3) is 0.429. The molecule has 218 valence electrons. The van der Waals surface area contributed by atoms with E-state index in [1.807, 2.05) is 12.1 Å². The summed E-state index contributed by atoms with van der Waals surface area (Å²) in [6, 6.07) is 6.83. The topological polar surface area (TPSA) is 125 Å². The SMILES string of the molecule is Cc1c(F)c(N)cc(C(=O)Nc2cc(-n3cc(NC(=O)C4CCN(C)CC4)nn3)ccc2N2CCN(C)CC2)c1Cl. The van der Waals surface area contributed by atoms with E-state index in [1.54, 1.807) is 16.9 Å². The Kier molecular flexibility index (Phi) is 8.43. The minimum atomic E-state index is -0.642. The van der Waals surface area contributed by atoms with E-state index in [1.165, 1.54) is 13.0 Å². The average Bonchev–Trinajstić information content (AvgIpc) is 3.43. The van der Waals surface area contributed by atoms with Gasteiger partial charge in [0.1, 0.15) is 0 Å². The zero-order valence-electron chi connectivity index (χ0n) is 23.5. The number of nitrogen functional groups attached to an aromatic ring is 1. The summed E-state index contributed by atoms with van der Waals surface area (Å²) in [4.78, 5) is 32.8. The number of likely N-dealkylation sites (tertiary alicyclic amines) is 1. The zero-order valence-corrected chi connectivity index (χ0v) is 24.2. The zero-order chi connectivity index (χ0) is 29.3. The Labute approximate surface area is 243 Å². The van der Waals surface area contributed by atoms with E-state index in [2.05, 4.69) is 49.7 Å². The second kappa shape index (κ2) is 12.0. The molecule has 2 aromatic carbocycles. The van der Waals surface area contributed by atoms with Crippen molar-refractivity contribution < 1.29 is 14.0 Å². The lowest BCUT2D eigenvalue weighted by molar-refractivity contribution is -0.121. The standard InChI is InChI=1S/C28H35ClFN9O2/c1-17-25(29)20(15-21(31)26(17)30)28(41)32-22-14-19(4-5-23(22)38-12-10-37(3)11-13-38)39-16-24(34-35-39)33-27(40)18-6-8-36(2)9-7-18/h4-5,14-16,18H,6-13,31H2,1-3H3,(H,32,41)(H,33,40). The van der Waals surface area contributed by atoms with Crippen LogP contribution in [0.5, 0.6) is 0 Å². The number of benzene rings is 2. The number of anilines is 4. The van der Waals surface area contributed by atoms with E-state index in [0.29, 0.717) is 17.2 Å². The van der Waals surface area contributed by atoms with E-state index >= 15 is 0 Å². The maximum atomic E-state index is 14.2. The van der Waals surface area contributed by atoms with Gasteiger partial charge < -0.3 is 31.1 Å². The smallest absolute Gasteiger partial charge is 0.257 e. The largest absolute Gasteiger partial charge is 0.396 e. The van der Waals surface area contributed by atoms with Crippen molar-refractivity contribution in [2.75, 3.05) is 74.6 Å². The number of rotatable bonds is 6. The molecule has 0 aliphatic carbocycles. The third-order valence-electron chi connectivity index (χ3n) is 7.86. The number of piperazine rings is 1. The molecular formula is C28H35ClFN9O2. The summed E-state index contributed by atoms with van der Waals surface area (Å²) < 4.78 is 15.8. The van der Waals surface area contributed by atoms with E-state index in [0.717, 1.165) is 57.8 Å². The molecule has 13 heteroatoms. The van der Waals surface area contributed by atoms with Crippen molar-refractivity contribution in [1.82, 2.24) is 24.8 Å². The molecule has 2 aliphatic heterocycles. The van der Waals surface area contributed by atoms with Crippen molar-refractivity contribution in [2.24, 2.45) is 5.92 Å². The highest BCUT2D eigenvalue weighted by atomic mass is 35.5. The quantitative estimate of drug-likeness (QED) is 0.378. The number of aromatic nitrogens is 3. The van der Waals surface area contributed by atoms with Gasteiger partial charge in [0.15, 0.2) is 11.6 Å². The van der Waals surface area contributed by atoms with E-state index in [-0.39, 0.29) is 33.7 Å². The van der Waals surface area contributed by atoms with Crippen LogP contribution in [-0.2, 0) is 4.79 Å². The van der Waals surface area contributed by atoms with Crippen LogP contribution in [0.4, 0.5) is 27.3 Å². The van der Waals surface area contributed by atoms with Crippen LogP contribution in [0.1, 0.15) is 28.8 Å². The Hall–Kier alpha value is -3.74. The second-order valence-electron chi connectivity index (χ2n) is 10.8. The molecule has 11 nitrogen and oxygen atoms in total. The monoisotopic (exact) mass is 583 g/mol. The van der Waals surface area contributed by atoms with Crippen LogP contribution in [-0.4, -0.2) is 90.0 Å². The van der Waals surface area contributed by atoms with Gasteiger partial charge in [-0.25, -0.2) is 9.07 Å². The van der Waals surface area contributed by atoms with Crippen LogP contribution in [0.25, 0.3) is 5.69 Å². The first-order valence-electron chi connectivity index (χ1n) is 13.7. The maximum absolute atomic E-state index is 14.2. The molecule has 2 aliphatic rings. The Morgan fingerprint density at radius 3 is 2.41 bits per heavy atom. The number of halogens is 2. The first kappa shape index (κ1) is 28.8. The van der Waals surface area contributed by atoms with Crippen LogP contribution in [0.2, 0.25) is 5.02 Å². The van der Waals surface area contributed by atoms with Crippen LogP contribution >= 0.6 is 11.6 Å².